The molecular weight excluding hydrogens is 452 g/mol. The van der Waals surface area contributed by atoms with Crippen LogP contribution in [0.25, 0.3) is 0 Å². The Kier molecular flexibility index (Phi) is 6.25. The molecule has 2 saturated heterocycles. The fraction of sp³-hybridized carbons (Fsp3) is 0.619. The van der Waals surface area contributed by atoms with Crippen molar-refractivity contribution in [2.24, 2.45) is 11.8 Å². The molecule has 4 heterocycles. The van der Waals surface area contributed by atoms with Crippen LogP contribution < -0.4 is 4.90 Å². The van der Waals surface area contributed by atoms with Crippen LogP contribution in [0, 0.1) is 11.8 Å². The highest BCUT2D eigenvalue weighted by Crippen LogP contribution is 2.52. The largest absolute Gasteiger partial charge is 0.477 e. The number of thioether (sulfide) groups is 1. The monoisotopic (exact) mass is 480 g/mol. The number of carboxylic acid groups (broad SMARTS) is 1. The van der Waals surface area contributed by atoms with E-state index < -0.39 is 18.0 Å². The number of hydrogen-bond acceptors (Lipinski definition) is 8. The van der Waals surface area contributed by atoms with Crippen molar-refractivity contribution in [3.63, 3.8) is 0 Å². The molecule has 4 atom stereocenters. The van der Waals surface area contributed by atoms with Gasteiger partial charge in [-0.1, -0.05) is 6.92 Å². The zero-order valence-corrected chi connectivity index (χ0v) is 20.2. The number of aliphatic hydroxyl groups is 1. The van der Waals surface area contributed by atoms with Gasteiger partial charge in [0.15, 0.2) is 5.13 Å². The van der Waals surface area contributed by atoms with Crippen molar-refractivity contribution in [2.45, 2.75) is 44.1 Å². The average Bonchev–Trinajstić information content (AvgIpc) is 3.30. The molecule has 0 bridgehead atoms. The van der Waals surface area contributed by atoms with E-state index in [1.54, 1.807) is 38.2 Å². The molecule has 9 nitrogen and oxygen atoms in total. The second kappa shape index (κ2) is 8.68. The number of fused-ring (bicyclic) bond motifs is 1. The lowest BCUT2D eigenvalue weighted by Crippen LogP contribution is -2.63. The molecule has 1 aromatic heterocycles. The van der Waals surface area contributed by atoms with Gasteiger partial charge in [0.25, 0.3) is 5.91 Å². The quantitative estimate of drug-likeness (QED) is 0.592. The Morgan fingerprint density at radius 1 is 1.31 bits per heavy atom. The van der Waals surface area contributed by atoms with Crippen LogP contribution in [0.4, 0.5) is 5.13 Å². The van der Waals surface area contributed by atoms with Crippen LogP contribution in [0.3, 0.4) is 0 Å². The zero-order valence-electron chi connectivity index (χ0n) is 18.5. The number of thiazole rings is 1. The summed E-state index contributed by atoms with van der Waals surface area (Å²) in [5.41, 5.74) is 0.535. The van der Waals surface area contributed by atoms with Crippen molar-refractivity contribution in [3.8, 4) is 0 Å². The van der Waals surface area contributed by atoms with E-state index in [0.29, 0.717) is 5.69 Å². The second-order valence-electron chi connectivity index (χ2n) is 8.79. The molecule has 1 aromatic rings. The first-order valence-electron chi connectivity index (χ1n) is 10.7. The summed E-state index contributed by atoms with van der Waals surface area (Å²) in [6.45, 7) is 5.08. The molecule has 11 heteroatoms. The molecule has 4 rings (SSSR count). The van der Waals surface area contributed by atoms with Gasteiger partial charge in [0.2, 0.25) is 5.91 Å². The summed E-state index contributed by atoms with van der Waals surface area (Å²) in [7, 11) is 3.40. The second-order valence-corrected chi connectivity index (χ2v) is 11.0. The number of hydrogen-bond donors (Lipinski definition) is 2. The van der Waals surface area contributed by atoms with Gasteiger partial charge >= 0.3 is 5.97 Å². The van der Waals surface area contributed by atoms with Gasteiger partial charge in [-0.25, -0.2) is 9.78 Å². The van der Waals surface area contributed by atoms with E-state index >= 15 is 0 Å². The minimum Gasteiger partial charge on any atom is -0.477 e. The first-order valence-corrected chi connectivity index (χ1v) is 12.4. The van der Waals surface area contributed by atoms with E-state index in [0.717, 1.165) is 36.0 Å². The molecule has 3 unspecified atom stereocenters. The molecule has 3 aliphatic heterocycles. The first-order chi connectivity index (χ1) is 15.1. The van der Waals surface area contributed by atoms with Gasteiger partial charge < -0.3 is 24.9 Å². The van der Waals surface area contributed by atoms with Crippen LogP contribution >= 0.6 is 23.1 Å². The predicted molar refractivity (Wildman–Crippen MR) is 123 cm³/mol. The number of carbonyl (C=O) groups is 3. The standard InChI is InChI=1S/C21H28N4O5S2/c1-10-15-14(11(2)26)19(28)25(15)16(20(29)30)17(10)32-12-5-7-24(8-6-12)21-22-13(9-31-21)18(27)23(3)4/h9-12,14-15,26H,5-8H2,1-4H3,(H,29,30)/t10-,11?,14?,15?/m1/s1. The Labute approximate surface area is 195 Å². The fourth-order valence-electron chi connectivity index (χ4n) is 4.76. The van der Waals surface area contributed by atoms with E-state index in [2.05, 4.69) is 9.88 Å². The summed E-state index contributed by atoms with van der Waals surface area (Å²) in [6, 6.07) is -0.279. The third-order valence-electron chi connectivity index (χ3n) is 6.43. The lowest BCUT2D eigenvalue weighted by molar-refractivity contribution is -0.163. The number of amides is 2. The van der Waals surface area contributed by atoms with Crippen LogP contribution in [0.15, 0.2) is 16.0 Å². The van der Waals surface area contributed by atoms with Crippen LogP contribution in [0.2, 0.25) is 0 Å². The summed E-state index contributed by atoms with van der Waals surface area (Å²) in [6.07, 6.45) is 0.905. The Morgan fingerprint density at radius 3 is 2.53 bits per heavy atom. The van der Waals surface area contributed by atoms with Crippen molar-refractivity contribution in [1.29, 1.82) is 0 Å². The van der Waals surface area contributed by atoms with E-state index in [9.17, 15) is 24.6 Å². The van der Waals surface area contributed by atoms with Crippen LogP contribution in [-0.4, -0.2) is 87.4 Å². The average molecular weight is 481 g/mol. The van der Waals surface area contributed by atoms with E-state index in [1.165, 1.54) is 21.1 Å². The maximum absolute atomic E-state index is 12.5. The minimum absolute atomic E-state index is 0.0867. The first kappa shape index (κ1) is 23.1. The number of anilines is 1. The van der Waals surface area contributed by atoms with Crippen molar-refractivity contribution < 1.29 is 24.6 Å². The van der Waals surface area contributed by atoms with Crippen molar-refractivity contribution in [1.82, 2.24) is 14.8 Å². The topological polar surface area (TPSA) is 114 Å². The van der Waals surface area contributed by atoms with Gasteiger partial charge in [-0.15, -0.1) is 23.1 Å². The number of nitrogens with zero attached hydrogens (tertiary/aromatic N) is 4. The third kappa shape index (κ3) is 3.80. The van der Waals surface area contributed by atoms with Crippen LogP contribution in [0.1, 0.15) is 37.2 Å². The summed E-state index contributed by atoms with van der Waals surface area (Å²) < 4.78 is 0. The fourth-order valence-corrected chi connectivity index (χ4v) is 7.07. The zero-order chi connectivity index (χ0) is 23.3. The molecule has 174 valence electrons. The molecule has 2 N–H and O–H groups in total. The van der Waals surface area contributed by atoms with Gasteiger partial charge in [-0.05, 0) is 19.8 Å². The van der Waals surface area contributed by atoms with E-state index in [4.69, 9.17) is 0 Å². The summed E-state index contributed by atoms with van der Waals surface area (Å²) in [4.78, 5) is 46.8. The number of piperidine rings is 1. The maximum Gasteiger partial charge on any atom is 0.353 e. The number of aliphatic carboxylic acids is 1. The highest BCUT2D eigenvalue weighted by Gasteiger charge is 2.60. The molecule has 0 aromatic carbocycles. The molecule has 0 spiro atoms. The number of rotatable bonds is 6. The van der Waals surface area contributed by atoms with E-state index in [1.807, 2.05) is 6.92 Å². The van der Waals surface area contributed by atoms with E-state index in [-0.39, 0.29) is 34.7 Å². The molecule has 0 aliphatic carbocycles. The van der Waals surface area contributed by atoms with Gasteiger partial charge in [-0.3, -0.25) is 9.59 Å². The highest BCUT2D eigenvalue weighted by atomic mass is 32.2. The van der Waals surface area contributed by atoms with Crippen LogP contribution in [-0.2, 0) is 9.59 Å². The molecule has 2 fully saturated rings. The van der Waals surface area contributed by atoms with Crippen molar-refractivity contribution >= 4 is 46.0 Å². The van der Waals surface area contributed by atoms with Gasteiger partial charge in [0.1, 0.15) is 11.4 Å². The number of aromatic nitrogens is 1. The van der Waals surface area contributed by atoms with Gasteiger partial charge in [0.05, 0.1) is 18.1 Å². The van der Waals surface area contributed by atoms with Crippen molar-refractivity contribution in [2.75, 3.05) is 32.1 Å². The predicted octanol–water partition coefficient (Wildman–Crippen LogP) is 1.70. The normalized spacial score (nSPS) is 26.8. The molecular formula is C21H28N4O5S2. The third-order valence-corrected chi connectivity index (χ3v) is 8.96. The highest BCUT2D eigenvalue weighted by molar-refractivity contribution is 8.03. The van der Waals surface area contributed by atoms with Gasteiger partial charge in [0, 0.05) is 48.6 Å². The lowest BCUT2D eigenvalue weighted by Gasteiger charge is -2.46. The Morgan fingerprint density at radius 2 is 1.97 bits per heavy atom. The minimum atomic E-state index is -1.09. The molecule has 32 heavy (non-hydrogen) atoms. The number of carbonyl (C=O) groups excluding carboxylic acids is 2. The SMILES string of the molecule is CC(O)C1C(=O)N2C(C(=O)O)=C(SC3CCN(c4nc(C(=O)N(C)C)cs4)CC3)[C@H](C)C12. The lowest BCUT2D eigenvalue weighted by atomic mass is 9.79. The van der Waals surface area contributed by atoms with Crippen molar-refractivity contribution in [3.05, 3.63) is 21.7 Å². The number of carboxylic acids is 1. The Bertz CT molecular complexity index is 967. The molecule has 2 amide bonds. The summed E-state index contributed by atoms with van der Waals surface area (Å²) >= 11 is 3.02. The smallest absolute Gasteiger partial charge is 0.353 e. The Hall–Kier alpha value is -2.11. The Balaban J connectivity index is 1.42. The van der Waals surface area contributed by atoms with Gasteiger partial charge in [-0.2, -0.15) is 0 Å². The molecule has 0 radical (unpaired) electrons. The summed E-state index contributed by atoms with van der Waals surface area (Å²) in [5.74, 6) is -2.15. The molecule has 0 saturated carbocycles. The van der Waals surface area contributed by atoms with Crippen LogP contribution in [0.5, 0.6) is 0 Å². The number of β-lactam (4-membered cyclic amide) rings is 1. The number of aliphatic hydroxyl groups excluding tert-OH is 1. The maximum atomic E-state index is 12.5. The molecule has 3 aliphatic rings. The summed E-state index contributed by atoms with van der Waals surface area (Å²) in [5, 5.41) is 22.6.